The SMILES string of the molecule is Cc1cc(C)c(C)c(OCCc2ccc(C3=C(C(=O)N(Cc4ccccc4Cl)C4CC4)[C@H]4CN(C(=O)CCCC(=O)O)C[C@@H](C3)N4)cc2)c1. The standard InChI is InChI=1S/C40H46ClN3O5/c1-25-19-26(2)27(3)36(20-25)49-18-17-28-11-13-29(14-12-28)33-21-31-23-43(37(45)9-6-10-38(46)47)24-35(42-31)39(33)40(48)44(32-15-16-32)22-30-7-4-5-8-34(30)41/h4-5,7-8,11-14,19-20,31-32,35,42H,6,9-10,15-18,21-24H2,1-3H3,(H,46,47)/t31-,35-/m1/s1. The first-order chi connectivity index (χ1) is 23.6. The highest BCUT2D eigenvalue weighted by Gasteiger charge is 2.43. The quantitative estimate of drug-likeness (QED) is 0.209. The number of carboxylic acids is 1. The average molecular weight is 684 g/mol. The summed E-state index contributed by atoms with van der Waals surface area (Å²) in [7, 11) is 0. The van der Waals surface area contributed by atoms with Crippen molar-refractivity contribution in [3.8, 4) is 5.75 Å². The van der Waals surface area contributed by atoms with Gasteiger partial charge in [-0.3, -0.25) is 14.4 Å². The molecule has 3 aliphatic rings. The normalized spacial score (nSPS) is 18.7. The monoisotopic (exact) mass is 683 g/mol. The molecular formula is C40H46ClN3O5. The smallest absolute Gasteiger partial charge is 0.303 e. The Morgan fingerprint density at radius 2 is 1.76 bits per heavy atom. The number of halogens is 1. The van der Waals surface area contributed by atoms with E-state index in [0.717, 1.165) is 52.8 Å². The molecule has 0 unspecified atom stereocenters. The number of benzene rings is 3. The molecule has 2 heterocycles. The Bertz CT molecular complexity index is 1750. The third-order valence-corrected chi connectivity index (χ3v) is 10.4. The fraction of sp³-hybridized carbons (Fsp3) is 0.425. The average Bonchev–Trinajstić information content (AvgIpc) is 3.91. The zero-order chi connectivity index (χ0) is 34.7. The zero-order valence-corrected chi connectivity index (χ0v) is 29.4. The lowest BCUT2D eigenvalue weighted by Gasteiger charge is -2.45. The van der Waals surface area contributed by atoms with Gasteiger partial charge in [0.2, 0.25) is 5.91 Å². The van der Waals surface area contributed by atoms with Gasteiger partial charge in [-0.1, -0.05) is 60.1 Å². The van der Waals surface area contributed by atoms with Gasteiger partial charge >= 0.3 is 5.97 Å². The summed E-state index contributed by atoms with van der Waals surface area (Å²) in [6.45, 7) is 8.16. The van der Waals surface area contributed by atoms with Gasteiger partial charge in [-0.05, 0) is 97.5 Å². The number of nitrogens with zero attached hydrogens (tertiary/aromatic N) is 2. The van der Waals surface area contributed by atoms with Crippen LogP contribution in [0.1, 0.15) is 71.9 Å². The minimum Gasteiger partial charge on any atom is -0.493 e. The Kier molecular flexibility index (Phi) is 10.8. The molecule has 258 valence electrons. The van der Waals surface area contributed by atoms with Gasteiger partial charge in [-0.15, -0.1) is 0 Å². The molecule has 6 rings (SSSR count). The molecule has 3 aromatic carbocycles. The van der Waals surface area contributed by atoms with Crippen LogP contribution >= 0.6 is 11.6 Å². The van der Waals surface area contributed by atoms with E-state index in [-0.39, 0.29) is 42.8 Å². The van der Waals surface area contributed by atoms with Gasteiger partial charge in [-0.2, -0.15) is 0 Å². The first kappa shape index (κ1) is 34.7. The molecule has 1 saturated carbocycles. The van der Waals surface area contributed by atoms with Crippen LogP contribution < -0.4 is 10.1 Å². The van der Waals surface area contributed by atoms with E-state index in [0.29, 0.717) is 49.7 Å². The summed E-state index contributed by atoms with van der Waals surface area (Å²) in [6, 6.07) is 20.2. The third kappa shape index (κ3) is 8.36. The lowest BCUT2D eigenvalue weighted by atomic mass is 9.82. The van der Waals surface area contributed by atoms with E-state index in [2.05, 4.69) is 62.5 Å². The number of hydrogen-bond donors (Lipinski definition) is 2. The fourth-order valence-corrected chi connectivity index (χ4v) is 7.34. The van der Waals surface area contributed by atoms with Crippen LogP contribution in [0.4, 0.5) is 0 Å². The van der Waals surface area contributed by atoms with E-state index in [1.54, 1.807) is 0 Å². The summed E-state index contributed by atoms with van der Waals surface area (Å²) in [5.74, 6) is -0.0604. The number of hydrogen-bond acceptors (Lipinski definition) is 5. The van der Waals surface area contributed by atoms with Crippen LogP contribution in [0.2, 0.25) is 5.02 Å². The summed E-state index contributed by atoms with van der Waals surface area (Å²) in [5.41, 5.74) is 8.39. The zero-order valence-electron chi connectivity index (χ0n) is 28.6. The number of ether oxygens (including phenoxy) is 1. The summed E-state index contributed by atoms with van der Waals surface area (Å²) in [6.07, 6.45) is 3.71. The van der Waals surface area contributed by atoms with Crippen molar-refractivity contribution in [2.45, 2.75) is 90.4 Å². The van der Waals surface area contributed by atoms with Crippen LogP contribution in [0.5, 0.6) is 5.75 Å². The highest BCUT2D eigenvalue weighted by atomic mass is 35.5. The minimum atomic E-state index is -0.904. The van der Waals surface area contributed by atoms with Crippen LogP contribution in [0, 0.1) is 20.8 Å². The number of rotatable bonds is 13. The van der Waals surface area contributed by atoms with E-state index in [1.807, 2.05) is 34.1 Å². The van der Waals surface area contributed by atoms with Crippen molar-refractivity contribution >= 4 is 35.0 Å². The number of piperazine rings is 1. The molecular weight excluding hydrogens is 638 g/mol. The highest BCUT2D eigenvalue weighted by Crippen LogP contribution is 2.38. The van der Waals surface area contributed by atoms with Gasteiger partial charge in [0, 0.05) is 61.6 Å². The molecule has 0 radical (unpaired) electrons. The second-order valence-electron chi connectivity index (χ2n) is 13.8. The molecule has 1 saturated heterocycles. The Labute approximate surface area is 294 Å². The number of aliphatic carboxylic acids is 1. The first-order valence-electron chi connectivity index (χ1n) is 17.4. The van der Waals surface area contributed by atoms with Gasteiger partial charge < -0.3 is 25.0 Å². The maximum atomic E-state index is 14.7. The molecule has 0 spiro atoms. The van der Waals surface area contributed by atoms with Crippen molar-refractivity contribution in [1.29, 1.82) is 0 Å². The lowest BCUT2D eigenvalue weighted by molar-refractivity contribution is -0.138. The van der Waals surface area contributed by atoms with Crippen LogP contribution in [0.3, 0.4) is 0 Å². The van der Waals surface area contributed by atoms with Crippen molar-refractivity contribution in [1.82, 2.24) is 15.1 Å². The van der Waals surface area contributed by atoms with Gasteiger partial charge in [0.05, 0.1) is 12.6 Å². The fourth-order valence-electron chi connectivity index (χ4n) is 7.14. The van der Waals surface area contributed by atoms with E-state index < -0.39 is 5.97 Å². The summed E-state index contributed by atoms with van der Waals surface area (Å²) in [4.78, 5) is 42.8. The third-order valence-electron chi connectivity index (χ3n) is 10.0. The second kappa shape index (κ2) is 15.2. The second-order valence-corrected chi connectivity index (χ2v) is 14.2. The maximum absolute atomic E-state index is 14.7. The summed E-state index contributed by atoms with van der Waals surface area (Å²) in [5, 5.41) is 13.4. The molecule has 3 aromatic rings. The molecule has 2 N–H and O–H groups in total. The molecule has 0 aromatic heterocycles. The van der Waals surface area contributed by atoms with Gasteiger partial charge in [0.25, 0.3) is 5.91 Å². The predicted molar refractivity (Wildman–Crippen MR) is 192 cm³/mol. The van der Waals surface area contributed by atoms with Crippen LogP contribution in [0.25, 0.3) is 5.57 Å². The lowest BCUT2D eigenvalue weighted by Crippen LogP contribution is -2.62. The summed E-state index contributed by atoms with van der Waals surface area (Å²) >= 11 is 6.56. The van der Waals surface area contributed by atoms with Crippen LogP contribution in [-0.2, 0) is 27.3 Å². The number of carboxylic acid groups (broad SMARTS) is 1. The van der Waals surface area contributed by atoms with Gasteiger partial charge in [-0.25, -0.2) is 0 Å². The molecule has 2 amide bonds. The first-order valence-corrected chi connectivity index (χ1v) is 17.8. The van der Waals surface area contributed by atoms with E-state index in [9.17, 15) is 14.4 Å². The molecule has 2 bridgehead atoms. The van der Waals surface area contributed by atoms with Crippen LogP contribution in [-0.4, -0.2) is 70.5 Å². The number of carbonyl (C=O) groups excluding carboxylic acids is 2. The maximum Gasteiger partial charge on any atom is 0.303 e. The van der Waals surface area contributed by atoms with Gasteiger partial charge in [0.15, 0.2) is 0 Å². The number of amides is 2. The van der Waals surface area contributed by atoms with Crippen LogP contribution in [0.15, 0.2) is 66.2 Å². The van der Waals surface area contributed by atoms with Crippen molar-refractivity contribution in [3.05, 3.63) is 105 Å². The minimum absolute atomic E-state index is 0.0132. The Hall–Kier alpha value is -4.14. The Morgan fingerprint density at radius 3 is 2.47 bits per heavy atom. The Morgan fingerprint density at radius 1 is 1.00 bits per heavy atom. The number of aryl methyl sites for hydroxylation is 2. The molecule has 2 fully saturated rings. The van der Waals surface area contributed by atoms with Crippen molar-refractivity contribution in [3.63, 3.8) is 0 Å². The molecule has 2 atom stereocenters. The molecule has 2 aliphatic heterocycles. The van der Waals surface area contributed by atoms with E-state index in [4.69, 9.17) is 21.4 Å². The van der Waals surface area contributed by atoms with E-state index >= 15 is 0 Å². The topological polar surface area (TPSA) is 99.2 Å². The predicted octanol–water partition coefficient (Wildman–Crippen LogP) is 6.66. The van der Waals surface area contributed by atoms with Gasteiger partial charge in [0.1, 0.15) is 5.75 Å². The van der Waals surface area contributed by atoms with E-state index in [1.165, 1.54) is 11.1 Å². The Balaban J connectivity index is 1.25. The summed E-state index contributed by atoms with van der Waals surface area (Å²) < 4.78 is 6.19. The molecule has 9 heteroatoms. The number of fused-ring (bicyclic) bond motifs is 2. The highest BCUT2D eigenvalue weighted by molar-refractivity contribution is 6.31. The molecule has 1 aliphatic carbocycles. The van der Waals surface area contributed by atoms with Crippen molar-refractivity contribution in [2.24, 2.45) is 0 Å². The number of nitrogens with one attached hydrogen (secondary N) is 1. The van der Waals surface area contributed by atoms with Crippen molar-refractivity contribution < 1.29 is 24.2 Å². The number of carbonyl (C=O) groups is 3. The largest absolute Gasteiger partial charge is 0.493 e. The van der Waals surface area contributed by atoms with Crippen molar-refractivity contribution in [2.75, 3.05) is 19.7 Å². The molecule has 8 nitrogen and oxygen atoms in total. The molecule has 49 heavy (non-hydrogen) atoms.